The van der Waals surface area contributed by atoms with Crippen LogP contribution in [0.3, 0.4) is 0 Å². The molecule has 0 saturated carbocycles. The minimum absolute atomic E-state index is 0.0327. The maximum atomic E-state index is 2.73. The minimum Gasteiger partial charge on any atom is -0.216 e. The maximum Gasteiger partial charge on any atom is 0.288 e. The van der Waals surface area contributed by atoms with E-state index in [-0.39, 0.29) is 16.4 Å². The van der Waals surface area contributed by atoms with E-state index in [0.717, 1.165) is 12.8 Å². The summed E-state index contributed by atoms with van der Waals surface area (Å²) >= 11 is 0. The average molecular weight is 436 g/mol. The smallest absolute Gasteiger partial charge is 0.216 e. The number of benzene rings is 3. The van der Waals surface area contributed by atoms with Crippen molar-refractivity contribution >= 4 is 38.4 Å². The van der Waals surface area contributed by atoms with Crippen LogP contribution in [0.2, 0.25) is 0 Å². The number of hydrogen-bond donors (Lipinski definition) is 0. The van der Waals surface area contributed by atoms with E-state index in [0.29, 0.717) is 0 Å². The fraction of sp³-hybridized carbons (Fsp3) is 0.387. The fourth-order valence-electron chi connectivity index (χ4n) is 6.82. The van der Waals surface area contributed by atoms with Gasteiger partial charge in [-0.25, -0.2) is 4.57 Å². The molecule has 3 heterocycles. The van der Waals surface area contributed by atoms with Gasteiger partial charge in [-0.1, -0.05) is 77.9 Å². The molecule has 0 saturated heterocycles. The second-order valence-corrected chi connectivity index (χ2v) is 11.5. The Morgan fingerprint density at radius 1 is 0.848 bits per heavy atom. The molecule has 0 amide bonds. The van der Waals surface area contributed by atoms with Gasteiger partial charge in [-0.2, -0.15) is 4.40 Å². The first-order valence-electron chi connectivity index (χ1n) is 12.5. The van der Waals surface area contributed by atoms with Gasteiger partial charge in [0.1, 0.15) is 11.1 Å². The van der Waals surface area contributed by atoms with Gasteiger partial charge in [-0.05, 0) is 59.9 Å². The van der Waals surface area contributed by atoms with E-state index in [1.165, 1.54) is 49.5 Å². The second-order valence-electron chi connectivity index (χ2n) is 11.5. The Hall–Kier alpha value is -2.87. The SMILES string of the molecule is CCC1(C)c2cccc3ccc4c(c23)[n+](c2cc(C(C)(C)C)c3ccccc3n42)C1(C)CC. The highest BCUT2D eigenvalue weighted by Crippen LogP contribution is 2.50. The number of hydrogen-bond acceptors (Lipinski definition) is 0. The fourth-order valence-corrected chi connectivity index (χ4v) is 6.82. The van der Waals surface area contributed by atoms with Crippen molar-refractivity contribution < 1.29 is 4.57 Å². The minimum atomic E-state index is -0.0327. The summed E-state index contributed by atoms with van der Waals surface area (Å²) in [5, 5.41) is 4.14. The number of para-hydroxylation sites is 1. The molecule has 1 aliphatic heterocycles. The predicted molar refractivity (Wildman–Crippen MR) is 140 cm³/mol. The first-order chi connectivity index (χ1) is 15.7. The molecule has 2 nitrogen and oxygen atoms in total. The average Bonchev–Trinajstić information content (AvgIpc) is 3.16. The standard InChI is InChI=1S/C31H35N2/c1-8-30(6)22-15-12-13-20-17-18-25-28(27(20)22)33(31(30,7)9-2)26-19-23(29(3,4)5)21-14-10-11-16-24(21)32(25)26/h10-19H,8-9H2,1-7H3/q+1. The summed E-state index contributed by atoms with van der Waals surface area (Å²) in [7, 11) is 0. The molecule has 168 valence electrons. The van der Waals surface area contributed by atoms with Crippen LogP contribution in [-0.2, 0) is 16.4 Å². The van der Waals surface area contributed by atoms with Gasteiger partial charge < -0.3 is 0 Å². The zero-order valence-electron chi connectivity index (χ0n) is 21.1. The van der Waals surface area contributed by atoms with Crippen molar-refractivity contribution in [2.24, 2.45) is 0 Å². The van der Waals surface area contributed by atoms with Crippen molar-refractivity contribution in [2.45, 2.75) is 77.7 Å². The molecule has 2 aromatic heterocycles. The van der Waals surface area contributed by atoms with Gasteiger partial charge in [-0.3, -0.25) is 0 Å². The molecule has 3 aromatic carbocycles. The predicted octanol–water partition coefficient (Wildman–Crippen LogP) is 7.79. The molecule has 0 bridgehead atoms. The Labute approximate surface area is 196 Å². The molecule has 5 aromatic rings. The lowest BCUT2D eigenvalue weighted by atomic mass is 9.61. The van der Waals surface area contributed by atoms with Gasteiger partial charge in [0.25, 0.3) is 5.65 Å². The van der Waals surface area contributed by atoms with Crippen LogP contribution in [0.5, 0.6) is 0 Å². The van der Waals surface area contributed by atoms with E-state index in [9.17, 15) is 0 Å². The summed E-state index contributed by atoms with van der Waals surface area (Å²) in [4.78, 5) is 0. The molecule has 6 rings (SSSR count). The number of rotatable bonds is 2. The quantitative estimate of drug-likeness (QED) is 0.250. The van der Waals surface area contributed by atoms with Gasteiger partial charge in [0.2, 0.25) is 0 Å². The third-order valence-electron chi connectivity index (χ3n) is 9.11. The molecule has 0 radical (unpaired) electrons. The highest BCUT2D eigenvalue weighted by molar-refractivity contribution is 6.07. The molecule has 2 atom stereocenters. The summed E-state index contributed by atoms with van der Waals surface area (Å²) in [6.45, 7) is 16.8. The van der Waals surface area contributed by atoms with Crippen molar-refractivity contribution in [3.05, 3.63) is 71.8 Å². The summed E-state index contributed by atoms with van der Waals surface area (Å²) in [5.41, 5.74) is 8.34. The van der Waals surface area contributed by atoms with E-state index in [2.05, 4.69) is 118 Å². The molecule has 0 spiro atoms. The molecule has 0 N–H and O–H groups in total. The lowest BCUT2D eigenvalue weighted by Gasteiger charge is -2.47. The summed E-state index contributed by atoms with van der Waals surface area (Å²) in [6.07, 6.45) is 2.19. The van der Waals surface area contributed by atoms with Gasteiger partial charge in [0.05, 0.1) is 0 Å². The van der Waals surface area contributed by atoms with E-state index in [1.807, 2.05) is 0 Å². The molecule has 2 unspecified atom stereocenters. The summed E-state index contributed by atoms with van der Waals surface area (Å²) in [6, 6.07) is 23.1. The molecule has 2 heteroatoms. The van der Waals surface area contributed by atoms with E-state index < -0.39 is 0 Å². The van der Waals surface area contributed by atoms with E-state index >= 15 is 0 Å². The maximum absolute atomic E-state index is 2.73. The first kappa shape index (κ1) is 20.7. The van der Waals surface area contributed by atoms with E-state index in [4.69, 9.17) is 0 Å². The zero-order chi connectivity index (χ0) is 23.3. The molecular formula is C31H35N2+. The van der Waals surface area contributed by atoms with Crippen LogP contribution < -0.4 is 4.57 Å². The largest absolute Gasteiger partial charge is 0.288 e. The van der Waals surface area contributed by atoms with Crippen molar-refractivity contribution in [3.8, 4) is 0 Å². The Bertz CT molecular complexity index is 1600. The Morgan fingerprint density at radius 2 is 1.61 bits per heavy atom. The van der Waals surface area contributed by atoms with Crippen molar-refractivity contribution in [1.82, 2.24) is 4.40 Å². The topological polar surface area (TPSA) is 8.29 Å². The van der Waals surface area contributed by atoms with Crippen LogP contribution in [-0.4, -0.2) is 4.40 Å². The van der Waals surface area contributed by atoms with Crippen LogP contribution in [0.15, 0.2) is 60.7 Å². The molecular weight excluding hydrogens is 400 g/mol. The highest BCUT2D eigenvalue weighted by atomic mass is 15.2. The third kappa shape index (κ3) is 2.32. The van der Waals surface area contributed by atoms with E-state index in [1.54, 1.807) is 0 Å². The van der Waals surface area contributed by atoms with Crippen molar-refractivity contribution in [1.29, 1.82) is 0 Å². The van der Waals surface area contributed by atoms with Crippen molar-refractivity contribution in [2.75, 3.05) is 0 Å². The van der Waals surface area contributed by atoms with Gasteiger partial charge >= 0.3 is 0 Å². The lowest BCUT2D eigenvalue weighted by Crippen LogP contribution is -2.66. The van der Waals surface area contributed by atoms with Gasteiger partial charge in [0.15, 0.2) is 11.0 Å². The second kappa shape index (κ2) is 6.38. The zero-order valence-corrected chi connectivity index (χ0v) is 21.1. The summed E-state index contributed by atoms with van der Waals surface area (Å²) in [5.74, 6) is 0. The monoisotopic (exact) mass is 435 g/mol. The Balaban J connectivity index is 1.99. The number of fused-ring (bicyclic) bond motifs is 5. The van der Waals surface area contributed by atoms with Crippen LogP contribution in [0.4, 0.5) is 0 Å². The molecule has 1 aliphatic rings. The number of nitrogens with zero attached hydrogens (tertiary/aromatic N) is 2. The lowest BCUT2D eigenvalue weighted by molar-refractivity contribution is -0.728. The number of pyridine rings is 1. The summed E-state index contributed by atoms with van der Waals surface area (Å²) < 4.78 is 5.26. The highest BCUT2D eigenvalue weighted by Gasteiger charge is 2.54. The van der Waals surface area contributed by atoms with Gasteiger partial charge in [0, 0.05) is 22.3 Å². The van der Waals surface area contributed by atoms with Crippen LogP contribution in [0.25, 0.3) is 38.4 Å². The van der Waals surface area contributed by atoms with Gasteiger partial charge in [-0.15, -0.1) is 0 Å². The Kier molecular flexibility index (Phi) is 4.00. The number of aromatic nitrogens is 2. The number of imidazole rings is 1. The van der Waals surface area contributed by atoms with Crippen LogP contribution in [0.1, 0.15) is 72.4 Å². The molecule has 33 heavy (non-hydrogen) atoms. The third-order valence-corrected chi connectivity index (χ3v) is 9.11. The normalized spacial score (nSPS) is 22.9. The first-order valence-corrected chi connectivity index (χ1v) is 12.5. The molecule has 0 aliphatic carbocycles. The molecule has 0 fully saturated rings. The van der Waals surface area contributed by atoms with Crippen LogP contribution in [0, 0.1) is 0 Å². The van der Waals surface area contributed by atoms with Crippen molar-refractivity contribution in [3.63, 3.8) is 0 Å². The Morgan fingerprint density at radius 3 is 2.30 bits per heavy atom. The van der Waals surface area contributed by atoms with Crippen LogP contribution >= 0.6 is 0 Å².